The van der Waals surface area contributed by atoms with E-state index in [9.17, 15) is 22.8 Å². The minimum absolute atomic E-state index is 0.0461. The molecule has 2 unspecified atom stereocenters. The highest BCUT2D eigenvalue weighted by molar-refractivity contribution is 7.92. The Labute approximate surface area is 246 Å². The lowest BCUT2D eigenvalue weighted by atomic mass is 10.0. The van der Waals surface area contributed by atoms with E-state index in [2.05, 4.69) is 20.9 Å². The van der Waals surface area contributed by atoms with Crippen molar-refractivity contribution in [3.8, 4) is 0 Å². The molecule has 10 nitrogen and oxygen atoms in total. The van der Waals surface area contributed by atoms with Crippen LogP contribution in [0, 0.1) is 0 Å². The van der Waals surface area contributed by atoms with Crippen LogP contribution in [0.15, 0.2) is 59.5 Å². The molecule has 0 saturated heterocycles. The fraction of sp³-hybridized carbons (Fsp3) is 0.231. The van der Waals surface area contributed by atoms with Crippen molar-refractivity contribution in [2.24, 2.45) is 0 Å². The van der Waals surface area contributed by atoms with Crippen LogP contribution < -0.4 is 20.3 Å². The number of hydrogen-bond donors (Lipinski definition) is 3. The van der Waals surface area contributed by atoms with Gasteiger partial charge in [-0.2, -0.15) is 0 Å². The van der Waals surface area contributed by atoms with Gasteiger partial charge < -0.3 is 16.0 Å². The van der Waals surface area contributed by atoms with Crippen LogP contribution in [0.3, 0.4) is 0 Å². The highest BCUT2D eigenvalue weighted by atomic mass is 35.5. The van der Waals surface area contributed by atoms with Gasteiger partial charge in [0, 0.05) is 11.9 Å². The van der Waals surface area contributed by atoms with E-state index in [-0.39, 0.29) is 56.0 Å². The van der Waals surface area contributed by atoms with Gasteiger partial charge in [0.25, 0.3) is 15.9 Å². The minimum atomic E-state index is -4.21. The predicted molar refractivity (Wildman–Crippen MR) is 154 cm³/mol. The summed E-state index contributed by atoms with van der Waals surface area (Å²) in [5.41, 5.74) is 0.549. The molecule has 0 fully saturated rings. The number of hydrogen-bond acceptors (Lipinski definition) is 6. The lowest BCUT2D eigenvalue weighted by Gasteiger charge is -2.35. The minimum Gasteiger partial charge on any atom is -0.349 e. The molecule has 0 saturated carbocycles. The molecule has 14 heteroatoms. The maximum atomic E-state index is 13.8. The first-order valence-electron chi connectivity index (χ1n) is 12.0. The fourth-order valence-electron chi connectivity index (χ4n) is 4.19. The van der Waals surface area contributed by atoms with Crippen molar-refractivity contribution in [1.29, 1.82) is 0 Å². The number of fused-ring (bicyclic) bond motifs is 1. The van der Waals surface area contributed by atoms with E-state index < -0.39 is 33.9 Å². The van der Waals surface area contributed by atoms with Crippen LogP contribution in [0.4, 0.5) is 11.6 Å². The van der Waals surface area contributed by atoms with Crippen LogP contribution in [0.25, 0.3) is 0 Å². The smallest absolute Gasteiger partial charge is 0.265 e. The summed E-state index contributed by atoms with van der Waals surface area (Å²) in [5.74, 6) is -1.34. The second-order valence-corrected chi connectivity index (χ2v) is 12.2. The average molecular weight is 625 g/mol. The van der Waals surface area contributed by atoms with E-state index in [1.54, 1.807) is 18.2 Å². The van der Waals surface area contributed by atoms with E-state index in [1.165, 1.54) is 50.2 Å². The van der Waals surface area contributed by atoms with E-state index in [0.717, 1.165) is 4.31 Å². The van der Waals surface area contributed by atoms with E-state index in [4.69, 9.17) is 34.8 Å². The number of anilines is 2. The summed E-state index contributed by atoms with van der Waals surface area (Å²) in [5, 5.41) is 8.42. The number of benzene rings is 2. The predicted octanol–water partition coefficient (Wildman–Crippen LogP) is 4.05. The van der Waals surface area contributed by atoms with Crippen molar-refractivity contribution >= 4 is 74.2 Å². The van der Waals surface area contributed by atoms with Gasteiger partial charge in [-0.05, 0) is 55.3 Å². The molecule has 0 aliphatic carbocycles. The van der Waals surface area contributed by atoms with E-state index in [0.29, 0.717) is 5.56 Å². The Balaban J connectivity index is 1.70. The van der Waals surface area contributed by atoms with Crippen molar-refractivity contribution in [2.45, 2.75) is 37.2 Å². The molecule has 0 spiro atoms. The molecule has 2 atom stereocenters. The Hall–Kier alpha value is -3.38. The van der Waals surface area contributed by atoms with Crippen molar-refractivity contribution in [2.75, 3.05) is 16.2 Å². The molecule has 210 valence electrons. The quantitative estimate of drug-likeness (QED) is 0.363. The SMILES string of the molecule is CC(=O)NC(C)C(=O)NC1Cc2ccc(NC(=O)c3c(Cl)cccc3Cl)nc2N(S(=O)(=O)c2cccc(Cl)c2)C1. The molecule has 2 heterocycles. The standard InChI is InChI=1S/C26H24Cl3N5O5S/c1-14(30-15(2)35)25(36)31-18-11-16-9-10-22(33-26(37)23-20(28)7-4-8-21(23)29)32-24(16)34(13-18)40(38,39)19-6-3-5-17(27)12-19/h3-10,12,14,18H,11,13H2,1-2H3,(H,30,35)(H,31,36)(H,32,33,37). The average Bonchev–Trinajstić information content (AvgIpc) is 2.87. The lowest BCUT2D eigenvalue weighted by Crippen LogP contribution is -2.54. The van der Waals surface area contributed by atoms with Crippen molar-refractivity contribution in [3.05, 3.63) is 80.8 Å². The normalized spacial score (nSPS) is 15.5. The topological polar surface area (TPSA) is 138 Å². The molecule has 3 N–H and O–H groups in total. The number of nitrogens with zero attached hydrogens (tertiary/aromatic N) is 2. The Bertz CT molecular complexity index is 1580. The van der Waals surface area contributed by atoms with Gasteiger partial charge in [0.05, 0.1) is 33.1 Å². The Morgan fingerprint density at radius 3 is 2.35 bits per heavy atom. The van der Waals surface area contributed by atoms with Crippen LogP contribution >= 0.6 is 34.8 Å². The van der Waals surface area contributed by atoms with E-state index in [1.807, 2.05) is 0 Å². The van der Waals surface area contributed by atoms with Crippen molar-refractivity contribution in [1.82, 2.24) is 15.6 Å². The number of pyridine rings is 1. The Morgan fingerprint density at radius 2 is 1.70 bits per heavy atom. The zero-order valence-corrected chi connectivity index (χ0v) is 24.3. The van der Waals surface area contributed by atoms with Crippen molar-refractivity contribution in [3.63, 3.8) is 0 Å². The summed E-state index contributed by atoms with van der Waals surface area (Å²) in [6, 6.07) is 12.0. The highest BCUT2D eigenvalue weighted by Gasteiger charge is 2.36. The molecule has 0 radical (unpaired) electrons. The first kappa shape index (κ1) is 29.6. The number of sulfonamides is 1. The van der Waals surface area contributed by atoms with Gasteiger partial charge in [0.15, 0.2) is 0 Å². The summed E-state index contributed by atoms with van der Waals surface area (Å²) in [6.45, 7) is 2.65. The van der Waals surface area contributed by atoms with Gasteiger partial charge in [-0.3, -0.25) is 14.4 Å². The summed E-state index contributed by atoms with van der Waals surface area (Å²) >= 11 is 18.4. The van der Waals surface area contributed by atoms with Crippen LogP contribution in [-0.2, 0) is 26.0 Å². The monoisotopic (exact) mass is 623 g/mol. The maximum Gasteiger partial charge on any atom is 0.265 e. The van der Waals surface area contributed by atoms with Gasteiger partial charge in [0.1, 0.15) is 17.7 Å². The number of aromatic nitrogens is 1. The third-order valence-corrected chi connectivity index (χ3v) is 8.64. The molecule has 1 aliphatic heterocycles. The Kier molecular flexibility index (Phi) is 8.89. The molecule has 3 aromatic rings. The van der Waals surface area contributed by atoms with Crippen LogP contribution in [0.2, 0.25) is 15.1 Å². The van der Waals surface area contributed by atoms with Gasteiger partial charge in [-0.1, -0.05) is 53.0 Å². The molecule has 3 amide bonds. The van der Waals surface area contributed by atoms with Gasteiger partial charge >= 0.3 is 0 Å². The molecule has 2 aromatic carbocycles. The number of carbonyl (C=O) groups is 3. The third kappa shape index (κ3) is 6.49. The van der Waals surface area contributed by atoms with Gasteiger partial charge in [-0.15, -0.1) is 0 Å². The highest BCUT2D eigenvalue weighted by Crippen LogP contribution is 2.33. The zero-order valence-electron chi connectivity index (χ0n) is 21.2. The molecule has 0 bridgehead atoms. The van der Waals surface area contributed by atoms with Crippen molar-refractivity contribution < 1.29 is 22.8 Å². The molecule has 40 heavy (non-hydrogen) atoms. The molecular weight excluding hydrogens is 601 g/mol. The lowest BCUT2D eigenvalue weighted by molar-refractivity contribution is -0.128. The summed E-state index contributed by atoms with van der Waals surface area (Å²) in [4.78, 5) is 41.4. The molecule has 1 aliphatic rings. The van der Waals surface area contributed by atoms with Gasteiger partial charge in [-0.25, -0.2) is 17.7 Å². The number of nitrogens with one attached hydrogen (secondary N) is 3. The summed E-state index contributed by atoms with van der Waals surface area (Å²) in [7, 11) is -4.21. The summed E-state index contributed by atoms with van der Waals surface area (Å²) in [6.07, 6.45) is 0.243. The number of halogens is 3. The van der Waals surface area contributed by atoms with Crippen LogP contribution in [-0.4, -0.2) is 49.8 Å². The second kappa shape index (κ2) is 12.0. The molecule has 1 aromatic heterocycles. The summed E-state index contributed by atoms with van der Waals surface area (Å²) < 4.78 is 28.6. The first-order valence-corrected chi connectivity index (χ1v) is 14.5. The number of amides is 3. The largest absolute Gasteiger partial charge is 0.349 e. The zero-order chi connectivity index (χ0) is 29.2. The molecular formula is C26H24Cl3N5O5S. The van der Waals surface area contributed by atoms with E-state index >= 15 is 0 Å². The van der Waals surface area contributed by atoms with Crippen LogP contribution in [0.1, 0.15) is 29.8 Å². The number of rotatable bonds is 7. The van der Waals surface area contributed by atoms with Crippen LogP contribution in [0.5, 0.6) is 0 Å². The number of carbonyl (C=O) groups excluding carboxylic acids is 3. The molecule has 4 rings (SSSR count). The fourth-order valence-corrected chi connectivity index (χ4v) is 6.56. The van der Waals surface area contributed by atoms with Gasteiger partial charge in [0.2, 0.25) is 11.8 Å². The second-order valence-electron chi connectivity index (χ2n) is 9.06. The first-order chi connectivity index (χ1) is 18.9. The Morgan fingerprint density at radius 1 is 1.02 bits per heavy atom. The third-order valence-electron chi connectivity index (χ3n) is 6.02. The maximum absolute atomic E-state index is 13.8.